The Morgan fingerprint density at radius 2 is 2.24 bits per heavy atom. The van der Waals surface area contributed by atoms with E-state index in [1.165, 1.54) is 11.6 Å². The highest BCUT2D eigenvalue weighted by Gasteiger charge is 2.03. The van der Waals surface area contributed by atoms with Gasteiger partial charge in [-0.3, -0.25) is 0 Å². The number of carboxylic acids is 1. The molecule has 0 saturated carbocycles. The maximum absolute atomic E-state index is 10.8. The molecule has 0 spiro atoms. The van der Waals surface area contributed by atoms with Crippen molar-refractivity contribution in [1.29, 1.82) is 0 Å². The Balaban J connectivity index is 1.90. The molecule has 4 heteroatoms. The average molecular weight is 248 g/mol. The van der Waals surface area contributed by atoms with Gasteiger partial charge in [0.15, 0.2) is 0 Å². The summed E-state index contributed by atoms with van der Waals surface area (Å²) in [7, 11) is 0. The number of carbonyl (C=O) groups is 1. The van der Waals surface area contributed by atoms with Crippen molar-refractivity contribution in [2.75, 3.05) is 6.61 Å². The highest BCUT2D eigenvalue weighted by Crippen LogP contribution is 2.14. The molecular formula is C13H12O3S. The van der Waals surface area contributed by atoms with Gasteiger partial charge in [-0.2, -0.15) is 11.3 Å². The highest BCUT2D eigenvalue weighted by atomic mass is 32.1. The van der Waals surface area contributed by atoms with Crippen LogP contribution in [0.4, 0.5) is 0 Å². The van der Waals surface area contributed by atoms with Crippen molar-refractivity contribution >= 4 is 17.3 Å². The fraction of sp³-hybridized carbons (Fsp3) is 0.154. The Kier molecular flexibility index (Phi) is 3.77. The third-order valence-electron chi connectivity index (χ3n) is 2.32. The number of rotatable bonds is 5. The quantitative estimate of drug-likeness (QED) is 0.884. The van der Waals surface area contributed by atoms with E-state index in [9.17, 15) is 4.79 Å². The normalized spacial score (nSPS) is 10.1. The van der Waals surface area contributed by atoms with Gasteiger partial charge in [-0.15, -0.1) is 0 Å². The van der Waals surface area contributed by atoms with Crippen LogP contribution in [0.5, 0.6) is 5.75 Å². The molecule has 2 aromatic rings. The van der Waals surface area contributed by atoms with Gasteiger partial charge in [-0.25, -0.2) is 4.79 Å². The minimum absolute atomic E-state index is 0.248. The van der Waals surface area contributed by atoms with Gasteiger partial charge in [0.2, 0.25) is 0 Å². The second-order valence-electron chi connectivity index (χ2n) is 3.56. The van der Waals surface area contributed by atoms with Crippen molar-refractivity contribution in [2.45, 2.75) is 6.42 Å². The van der Waals surface area contributed by atoms with Crippen LogP contribution in [-0.2, 0) is 6.42 Å². The molecule has 2 rings (SSSR count). The fourth-order valence-electron chi connectivity index (χ4n) is 1.44. The van der Waals surface area contributed by atoms with Crippen molar-refractivity contribution in [3.63, 3.8) is 0 Å². The summed E-state index contributed by atoms with van der Waals surface area (Å²) in [6.07, 6.45) is 0.834. The zero-order valence-electron chi connectivity index (χ0n) is 9.13. The Morgan fingerprint density at radius 1 is 1.35 bits per heavy atom. The molecule has 0 amide bonds. The molecule has 1 N–H and O–H groups in total. The molecule has 0 unspecified atom stereocenters. The number of benzene rings is 1. The summed E-state index contributed by atoms with van der Waals surface area (Å²) < 4.78 is 5.51. The maximum Gasteiger partial charge on any atom is 0.335 e. The van der Waals surface area contributed by atoms with Gasteiger partial charge in [0.1, 0.15) is 5.75 Å². The van der Waals surface area contributed by atoms with Crippen LogP contribution in [0.25, 0.3) is 0 Å². The third kappa shape index (κ3) is 3.32. The van der Waals surface area contributed by atoms with E-state index >= 15 is 0 Å². The molecule has 0 saturated heterocycles. The minimum Gasteiger partial charge on any atom is -0.493 e. The summed E-state index contributed by atoms with van der Waals surface area (Å²) in [6.45, 7) is 0.555. The highest BCUT2D eigenvalue weighted by molar-refractivity contribution is 7.07. The fourth-order valence-corrected chi connectivity index (χ4v) is 2.14. The lowest BCUT2D eigenvalue weighted by Crippen LogP contribution is -2.02. The van der Waals surface area contributed by atoms with E-state index in [2.05, 4.69) is 11.4 Å². The summed E-state index contributed by atoms with van der Waals surface area (Å²) in [5.41, 5.74) is 1.49. The topological polar surface area (TPSA) is 46.5 Å². The van der Waals surface area contributed by atoms with Crippen LogP contribution in [0.1, 0.15) is 15.9 Å². The Morgan fingerprint density at radius 3 is 2.94 bits per heavy atom. The molecule has 0 aliphatic heterocycles. The summed E-state index contributed by atoms with van der Waals surface area (Å²) in [4.78, 5) is 10.8. The van der Waals surface area contributed by atoms with Gasteiger partial charge >= 0.3 is 5.97 Å². The molecule has 0 aliphatic rings. The number of thiophene rings is 1. The van der Waals surface area contributed by atoms with Gasteiger partial charge in [-0.05, 0) is 40.6 Å². The van der Waals surface area contributed by atoms with E-state index in [1.807, 2.05) is 5.38 Å². The van der Waals surface area contributed by atoms with E-state index < -0.39 is 5.97 Å². The summed E-state index contributed by atoms with van der Waals surface area (Å²) in [5.74, 6) is -0.339. The molecule has 17 heavy (non-hydrogen) atoms. The number of hydrogen-bond donors (Lipinski definition) is 1. The molecule has 0 aliphatic carbocycles. The predicted molar refractivity (Wildman–Crippen MR) is 66.9 cm³/mol. The van der Waals surface area contributed by atoms with Gasteiger partial charge in [0.25, 0.3) is 0 Å². The second kappa shape index (κ2) is 5.50. The Bertz CT molecular complexity index is 491. The SMILES string of the molecule is O=C(O)c1cccc(OCCc2ccsc2)c1. The molecule has 0 radical (unpaired) electrons. The van der Waals surface area contributed by atoms with Crippen molar-refractivity contribution in [2.24, 2.45) is 0 Å². The van der Waals surface area contributed by atoms with E-state index in [0.717, 1.165) is 6.42 Å². The first-order chi connectivity index (χ1) is 8.25. The number of hydrogen-bond acceptors (Lipinski definition) is 3. The van der Waals surface area contributed by atoms with E-state index in [0.29, 0.717) is 12.4 Å². The molecule has 1 heterocycles. The summed E-state index contributed by atoms with van der Waals surface area (Å²) in [5, 5.41) is 12.9. The van der Waals surface area contributed by atoms with Crippen LogP contribution in [0, 0.1) is 0 Å². The lowest BCUT2D eigenvalue weighted by molar-refractivity contribution is 0.0696. The second-order valence-corrected chi connectivity index (χ2v) is 4.34. The van der Waals surface area contributed by atoms with Crippen LogP contribution in [0.15, 0.2) is 41.1 Å². The first kappa shape index (κ1) is 11.7. The smallest absolute Gasteiger partial charge is 0.335 e. The number of carboxylic acid groups (broad SMARTS) is 1. The van der Waals surface area contributed by atoms with Gasteiger partial charge in [0, 0.05) is 6.42 Å². The standard InChI is InChI=1S/C13H12O3S/c14-13(15)11-2-1-3-12(8-11)16-6-4-10-5-7-17-9-10/h1-3,5,7-9H,4,6H2,(H,14,15). The van der Waals surface area contributed by atoms with Gasteiger partial charge in [-0.1, -0.05) is 6.07 Å². The number of aromatic carboxylic acids is 1. The number of ether oxygens (including phenoxy) is 1. The average Bonchev–Trinajstić information content (AvgIpc) is 2.82. The van der Waals surface area contributed by atoms with Crippen molar-refractivity contribution < 1.29 is 14.6 Å². The first-order valence-electron chi connectivity index (χ1n) is 5.23. The molecule has 0 bridgehead atoms. The van der Waals surface area contributed by atoms with Crippen LogP contribution >= 0.6 is 11.3 Å². The molecule has 3 nitrogen and oxygen atoms in total. The summed E-state index contributed by atoms with van der Waals surface area (Å²) >= 11 is 1.66. The van der Waals surface area contributed by atoms with Crippen molar-refractivity contribution in [3.05, 3.63) is 52.2 Å². The molecular weight excluding hydrogens is 236 g/mol. The molecule has 1 aromatic heterocycles. The molecule has 1 aromatic carbocycles. The summed E-state index contributed by atoms with van der Waals surface area (Å²) in [6, 6.07) is 8.59. The minimum atomic E-state index is -0.937. The van der Waals surface area contributed by atoms with Crippen LogP contribution in [0.3, 0.4) is 0 Å². The zero-order chi connectivity index (χ0) is 12.1. The van der Waals surface area contributed by atoms with Gasteiger partial charge in [0.05, 0.1) is 12.2 Å². The molecule has 88 valence electrons. The Labute approximate surface area is 103 Å². The van der Waals surface area contributed by atoms with E-state index in [1.54, 1.807) is 29.5 Å². The van der Waals surface area contributed by atoms with E-state index in [-0.39, 0.29) is 5.56 Å². The van der Waals surface area contributed by atoms with Crippen LogP contribution in [0.2, 0.25) is 0 Å². The van der Waals surface area contributed by atoms with Gasteiger partial charge < -0.3 is 9.84 Å². The predicted octanol–water partition coefficient (Wildman–Crippen LogP) is 3.07. The van der Waals surface area contributed by atoms with Crippen LogP contribution in [-0.4, -0.2) is 17.7 Å². The zero-order valence-corrected chi connectivity index (χ0v) is 9.94. The lowest BCUT2D eigenvalue weighted by Gasteiger charge is -2.05. The maximum atomic E-state index is 10.8. The molecule has 0 atom stereocenters. The largest absolute Gasteiger partial charge is 0.493 e. The van der Waals surface area contributed by atoms with Crippen molar-refractivity contribution in [3.8, 4) is 5.75 Å². The third-order valence-corrected chi connectivity index (χ3v) is 3.05. The Hall–Kier alpha value is -1.81. The van der Waals surface area contributed by atoms with Crippen LogP contribution < -0.4 is 4.74 Å². The van der Waals surface area contributed by atoms with Crippen molar-refractivity contribution in [1.82, 2.24) is 0 Å². The lowest BCUT2D eigenvalue weighted by atomic mass is 10.2. The molecule has 0 fully saturated rings. The first-order valence-corrected chi connectivity index (χ1v) is 6.17. The monoisotopic (exact) mass is 248 g/mol. The van der Waals surface area contributed by atoms with E-state index in [4.69, 9.17) is 9.84 Å².